The number of carbonyl (C=O) groups excluding carboxylic acids is 1. The molecule has 0 spiro atoms. The fourth-order valence-electron chi connectivity index (χ4n) is 1.00. The van der Waals surface area contributed by atoms with E-state index in [1.54, 1.807) is 6.92 Å². The van der Waals surface area contributed by atoms with E-state index < -0.39 is 10.0 Å². The molecule has 0 saturated carbocycles. The van der Waals surface area contributed by atoms with Gasteiger partial charge in [-0.3, -0.25) is 0 Å². The number of halogens is 1. The van der Waals surface area contributed by atoms with Crippen LogP contribution in [-0.4, -0.2) is 14.5 Å². The normalized spacial score (nSPS) is 10.7. The van der Waals surface area contributed by atoms with Gasteiger partial charge in [0.05, 0.1) is 4.90 Å². The van der Waals surface area contributed by atoms with Crippen molar-refractivity contribution < 1.29 is 13.2 Å². The van der Waals surface area contributed by atoms with Crippen molar-refractivity contribution in [2.75, 3.05) is 0 Å². The van der Waals surface area contributed by atoms with E-state index in [4.69, 9.17) is 11.6 Å². The third kappa shape index (κ3) is 2.20. The molecule has 0 aliphatic rings. The van der Waals surface area contributed by atoms with E-state index in [9.17, 15) is 13.2 Å². The molecule has 0 aromatic heterocycles. The molecule has 0 atom stereocenters. The Labute approximate surface area is 86.3 Å². The number of rotatable bonds is 2. The van der Waals surface area contributed by atoms with Gasteiger partial charge in [-0.15, -0.1) is 0 Å². The highest BCUT2D eigenvalue weighted by Crippen LogP contribution is 2.20. The van der Waals surface area contributed by atoms with E-state index in [0.717, 1.165) is 6.08 Å². The number of nitrogens with zero attached hydrogens (tertiary/aromatic N) is 1. The number of isocyanates is 1. The molecule has 0 aliphatic heterocycles. The van der Waals surface area contributed by atoms with Crippen LogP contribution in [0.4, 0.5) is 0 Å². The topological polar surface area (TPSA) is 63.6 Å². The van der Waals surface area contributed by atoms with Crippen molar-refractivity contribution in [1.82, 2.24) is 0 Å². The second-order valence-corrected chi connectivity index (χ2v) is 4.58. The van der Waals surface area contributed by atoms with Crippen LogP contribution in [-0.2, 0) is 14.8 Å². The fraction of sp³-hybridized carbons (Fsp3) is 0.125. The van der Waals surface area contributed by atoms with E-state index >= 15 is 0 Å². The molecule has 0 saturated heterocycles. The highest BCUT2D eigenvalue weighted by atomic mass is 35.5. The predicted molar refractivity (Wildman–Crippen MR) is 51.5 cm³/mol. The molecule has 0 aliphatic carbocycles. The Kier molecular flexibility index (Phi) is 3.06. The van der Waals surface area contributed by atoms with E-state index in [2.05, 4.69) is 4.40 Å². The lowest BCUT2D eigenvalue weighted by Gasteiger charge is -2.01. The van der Waals surface area contributed by atoms with E-state index in [1.165, 1.54) is 18.2 Å². The Morgan fingerprint density at radius 2 is 2.07 bits per heavy atom. The molecular weight excluding hydrogens is 226 g/mol. The highest BCUT2D eigenvalue weighted by Gasteiger charge is 2.15. The molecule has 1 aromatic carbocycles. The maximum Gasteiger partial charge on any atom is 0.292 e. The molecule has 74 valence electrons. The summed E-state index contributed by atoms with van der Waals surface area (Å²) in [5, 5.41) is 0.427. The van der Waals surface area contributed by atoms with Crippen molar-refractivity contribution in [2.24, 2.45) is 4.40 Å². The van der Waals surface area contributed by atoms with Gasteiger partial charge in [-0.2, -0.15) is 8.42 Å². The van der Waals surface area contributed by atoms with Gasteiger partial charge in [-0.25, -0.2) is 4.79 Å². The SMILES string of the molecule is Cc1cc(Cl)ccc1S(=O)(=O)N=C=O. The lowest BCUT2D eigenvalue weighted by Crippen LogP contribution is -1.98. The molecule has 0 radical (unpaired) electrons. The van der Waals surface area contributed by atoms with Crippen LogP contribution in [0.15, 0.2) is 27.5 Å². The van der Waals surface area contributed by atoms with Crippen LogP contribution in [0.1, 0.15) is 5.56 Å². The van der Waals surface area contributed by atoms with Gasteiger partial charge in [-0.1, -0.05) is 16.0 Å². The largest absolute Gasteiger partial charge is 0.292 e. The van der Waals surface area contributed by atoms with Crippen molar-refractivity contribution >= 4 is 27.7 Å². The molecule has 1 rings (SSSR count). The lowest BCUT2D eigenvalue weighted by molar-refractivity contribution is 0.563. The summed E-state index contributed by atoms with van der Waals surface area (Å²) in [5.74, 6) is 0. The molecule has 0 fully saturated rings. The second kappa shape index (κ2) is 3.92. The molecule has 0 unspecified atom stereocenters. The average Bonchev–Trinajstić information content (AvgIpc) is 2.02. The van der Waals surface area contributed by atoms with Crippen LogP contribution < -0.4 is 0 Å². The van der Waals surface area contributed by atoms with Gasteiger partial charge < -0.3 is 0 Å². The first kappa shape index (κ1) is 10.9. The van der Waals surface area contributed by atoms with Gasteiger partial charge in [0, 0.05) is 5.02 Å². The Hall–Kier alpha value is -1.16. The van der Waals surface area contributed by atoms with Crippen molar-refractivity contribution in [3.63, 3.8) is 0 Å². The van der Waals surface area contributed by atoms with Crippen LogP contribution >= 0.6 is 11.6 Å². The van der Waals surface area contributed by atoms with Crippen molar-refractivity contribution in [3.8, 4) is 0 Å². The second-order valence-electron chi connectivity index (χ2n) is 2.57. The van der Waals surface area contributed by atoms with E-state index in [0.29, 0.717) is 10.6 Å². The van der Waals surface area contributed by atoms with Crippen LogP contribution in [0.3, 0.4) is 0 Å². The van der Waals surface area contributed by atoms with Gasteiger partial charge in [-0.05, 0) is 30.7 Å². The lowest BCUT2D eigenvalue weighted by atomic mass is 10.2. The molecule has 14 heavy (non-hydrogen) atoms. The molecule has 0 bridgehead atoms. The van der Waals surface area contributed by atoms with Crippen LogP contribution in [0.25, 0.3) is 0 Å². The summed E-state index contributed by atoms with van der Waals surface area (Å²) in [6.07, 6.45) is 1.00. The van der Waals surface area contributed by atoms with Crippen molar-refractivity contribution in [2.45, 2.75) is 11.8 Å². The summed E-state index contributed by atoms with van der Waals surface area (Å²) in [6.45, 7) is 1.57. The Morgan fingerprint density at radius 1 is 1.43 bits per heavy atom. The number of benzene rings is 1. The molecule has 4 nitrogen and oxygen atoms in total. The summed E-state index contributed by atoms with van der Waals surface area (Å²) >= 11 is 5.64. The number of hydrogen-bond acceptors (Lipinski definition) is 3. The van der Waals surface area contributed by atoms with Gasteiger partial charge in [0.25, 0.3) is 16.1 Å². The van der Waals surface area contributed by atoms with Gasteiger partial charge in [0.2, 0.25) is 0 Å². The molecule has 6 heteroatoms. The zero-order valence-electron chi connectivity index (χ0n) is 7.19. The summed E-state index contributed by atoms with van der Waals surface area (Å²) in [5.41, 5.74) is 0.441. The first-order valence-electron chi connectivity index (χ1n) is 3.57. The first-order valence-corrected chi connectivity index (χ1v) is 5.39. The molecular formula is C8H6ClNO3S. The quantitative estimate of drug-likeness (QED) is 0.575. The smallest absolute Gasteiger partial charge is 0.210 e. The summed E-state index contributed by atoms with van der Waals surface area (Å²) in [6, 6.07) is 4.20. The molecule has 0 N–H and O–H groups in total. The van der Waals surface area contributed by atoms with E-state index in [-0.39, 0.29) is 4.90 Å². The minimum atomic E-state index is -3.92. The minimum Gasteiger partial charge on any atom is -0.210 e. The zero-order chi connectivity index (χ0) is 10.8. The Bertz CT molecular complexity index is 503. The third-order valence-corrected chi connectivity index (χ3v) is 3.14. The van der Waals surface area contributed by atoms with Crippen molar-refractivity contribution in [3.05, 3.63) is 28.8 Å². The van der Waals surface area contributed by atoms with Gasteiger partial charge in [0.1, 0.15) is 0 Å². The van der Waals surface area contributed by atoms with Gasteiger partial charge in [0.15, 0.2) is 0 Å². The van der Waals surface area contributed by atoms with Gasteiger partial charge >= 0.3 is 0 Å². The number of sulfonamides is 1. The highest BCUT2D eigenvalue weighted by molar-refractivity contribution is 7.90. The maximum atomic E-state index is 11.3. The zero-order valence-corrected chi connectivity index (χ0v) is 8.76. The van der Waals surface area contributed by atoms with Crippen molar-refractivity contribution in [1.29, 1.82) is 0 Å². The molecule has 1 aromatic rings. The number of aryl methyl sites for hydroxylation is 1. The Morgan fingerprint density at radius 3 is 2.57 bits per heavy atom. The number of hydrogen-bond donors (Lipinski definition) is 0. The first-order chi connectivity index (χ1) is 6.47. The van der Waals surface area contributed by atoms with Crippen LogP contribution in [0, 0.1) is 6.92 Å². The van der Waals surface area contributed by atoms with Crippen LogP contribution in [0.5, 0.6) is 0 Å². The summed E-state index contributed by atoms with van der Waals surface area (Å²) in [7, 11) is -3.92. The predicted octanol–water partition coefficient (Wildman–Crippen LogP) is 1.67. The van der Waals surface area contributed by atoms with E-state index in [1.807, 2.05) is 0 Å². The average molecular weight is 232 g/mol. The minimum absolute atomic E-state index is 0.0368. The maximum absolute atomic E-state index is 11.3. The molecule has 0 amide bonds. The Balaban J connectivity index is 3.41. The molecule has 0 heterocycles. The summed E-state index contributed by atoms with van der Waals surface area (Å²) in [4.78, 5) is 9.84. The monoisotopic (exact) mass is 231 g/mol. The van der Waals surface area contributed by atoms with Crippen LogP contribution in [0.2, 0.25) is 5.02 Å². The third-order valence-electron chi connectivity index (χ3n) is 1.57. The summed E-state index contributed by atoms with van der Waals surface area (Å²) < 4.78 is 25.3. The standard InChI is InChI=1S/C8H6ClNO3S/c1-6-4-7(9)2-3-8(6)14(12,13)10-5-11/h2-4H,1H3. The fourth-order valence-corrected chi connectivity index (χ4v) is 2.13.